The third-order valence-corrected chi connectivity index (χ3v) is 5.45. The Bertz CT molecular complexity index is 526. The molecule has 1 unspecified atom stereocenters. The molecule has 0 spiro atoms. The molecule has 2 aliphatic rings. The molecule has 0 amide bonds. The van der Waals surface area contributed by atoms with Gasteiger partial charge in [0, 0.05) is 23.7 Å². The summed E-state index contributed by atoms with van der Waals surface area (Å²) in [5, 5.41) is 11.1. The van der Waals surface area contributed by atoms with Crippen LogP contribution in [0.3, 0.4) is 0 Å². The molecule has 2 fully saturated rings. The van der Waals surface area contributed by atoms with E-state index >= 15 is 0 Å². The fraction of sp³-hybridized carbons (Fsp3) is 0.700. The highest BCUT2D eigenvalue weighted by atomic mass is 35.5. The van der Waals surface area contributed by atoms with Crippen molar-refractivity contribution in [2.24, 2.45) is 0 Å². The van der Waals surface area contributed by atoms with Crippen LogP contribution in [0.5, 0.6) is 5.75 Å². The van der Waals surface area contributed by atoms with Crippen LogP contribution in [0, 0.1) is 0 Å². The number of rotatable bonds is 7. The minimum absolute atomic E-state index is 0.338. The second-order valence-corrected chi connectivity index (χ2v) is 7.85. The summed E-state index contributed by atoms with van der Waals surface area (Å²) in [6.07, 6.45) is 7.20. The molecule has 1 aromatic carbocycles. The van der Waals surface area contributed by atoms with Crippen molar-refractivity contribution < 1.29 is 9.84 Å². The van der Waals surface area contributed by atoms with Crippen molar-refractivity contribution >= 4 is 11.6 Å². The lowest BCUT2D eigenvalue weighted by Crippen LogP contribution is -2.36. The van der Waals surface area contributed by atoms with Crippen LogP contribution in [0.2, 0.25) is 5.02 Å². The molecule has 0 aromatic heterocycles. The molecule has 3 rings (SSSR count). The molecular formula is C20H31ClN2O2. The number of hydrogen-bond donors (Lipinski definition) is 1. The topological polar surface area (TPSA) is 35.9 Å². The number of β-amino-alcohol motifs (C(OH)–C–C–N with tert-alkyl or cyclic N) is 1. The lowest BCUT2D eigenvalue weighted by Gasteiger charge is -2.24. The maximum atomic E-state index is 10.4. The van der Waals surface area contributed by atoms with Crippen LogP contribution in [0.1, 0.15) is 44.1 Å². The Morgan fingerprint density at radius 3 is 2.32 bits per heavy atom. The van der Waals surface area contributed by atoms with Gasteiger partial charge < -0.3 is 14.7 Å². The summed E-state index contributed by atoms with van der Waals surface area (Å²) in [5.74, 6) is 0.853. The van der Waals surface area contributed by atoms with Crippen molar-refractivity contribution in [3.05, 3.63) is 28.8 Å². The van der Waals surface area contributed by atoms with Crippen LogP contribution in [0.15, 0.2) is 18.2 Å². The molecular weight excluding hydrogens is 336 g/mol. The van der Waals surface area contributed by atoms with Gasteiger partial charge in [0.2, 0.25) is 0 Å². The van der Waals surface area contributed by atoms with Gasteiger partial charge in [-0.25, -0.2) is 0 Å². The first-order chi connectivity index (χ1) is 12.2. The third-order valence-electron chi connectivity index (χ3n) is 5.21. The summed E-state index contributed by atoms with van der Waals surface area (Å²) in [5.41, 5.74) is 1.12. The van der Waals surface area contributed by atoms with Crippen LogP contribution in [0.25, 0.3) is 0 Å². The van der Waals surface area contributed by atoms with Gasteiger partial charge in [0.15, 0.2) is 0 Å². The minimum atomic E-state index is -0.451. The molecule has 2 aliphatic heterocycles. The van der Waals surface area contributed by atoms with E-state index in [-0.39, 0.29) is 0 Å². The van der Waals surface area contributed by atoms with Gasteiger partial charge in [-0.2, -0.15) is 0 Å². The van der Waals surface area contributed by atoms with E-state index in [2.05, 4.69) is 9.80 Å². The average Bonchev–Trinajstić information content (AvgIpc) is 2.97. The van der Waals surface area contributed by atoms with Gasteiger partial charge in [0.1, 0.15) is 18.5 Å². The van der Waals surface area contributed by atoms with Crippen molar-refractivity contribution in [2.75, 3.05) is 39.3 Å². The zero-order valence-electron chi connectivity index (χ0n) is 15.1. The average molecular weight is 367 g/mol. The predicted octanol–water partition coefficient (Wildman–Crippen LogP) is 3.55. The summed E-state index contributed by atoms with van der Waals surface area (Å²) >= 11 is 6.18. The van der Waals surface area contributed by atoms with Crippen molar-refractivity contribution in [1.82, 2.24) is 9.80 Å². The molecule has 0 bridgehead atoms. The zero-order chi connectivity index (χ0) is 17.5. The molecule has 1 atom stereocenters. The van der Waals surface area contributed by atoms with E-state index in [1.165, 1.54) is 38.5 Å². The van der Waals surface area contributed by atoms with Crippen molar-refractivity contribution in [1.29, 1.82) is 0 Å². The second-order valence-electron chi connectivity index (χ2n) is 7.41. The number of nitrogens with zero attached hydrogens (tertiary/aromatic N) is 2. The lowest BCUT2D eigenvalue weighted by molar-refractivity contribution is 0.0687. The van der Waals surface area contributed by atoms with Crippen LogP contribution >= 0.6 is 11.6 Å². The highest BCUT2D eigenvalue weighted by Gasteiger charge is 2.17. The monoisotopic (exact) mass is 366 g/mol. The largest absolute Gasteiger partial charge is 0.491 e. The van der Waals surface area contributed by atoms with Crippen molar-refractivity contribution in [3.63, 3.8) is 0 Å². The number of likely N-dealkylation sites (tertiary alicyclic amines) is 2. The van der Waals surface area contributed by atoms with E-state index in [9.17, 15) is 5.11 Å². The molecule has 2 heterocycles. The fourth-order valence-corrected chi connectivity index (χ4v) is 4.04. The first kappa shape index (κ1) is 19.0. The third kappa shape index (κ3) is 6.14. The lowest BCUT2D eigenvalue weighted by atomic mass is 10.2. The van der Waals surface area contributed by atoms with Gasteiger partial charge in [-0.15, -0.1) is 0 Å². The number of benzene rings is 1. The first-order valence-corrected chi connectivity index (χ1v) is 10.1. The second kappa shape index (κ2) is 9.77. The summed E-state index contributed by atoms with van der Waals surface area (Å²) in [4.78, 5) is 4.81. The Morgan fingerprint density at radius 2 is 1.60 bits per heavy atom. The van der Waals surface area contributed by atoms with Crippen LogP contribution < -0.4 is 4.74 Å². The quantitative estimate of drug-likeness (QED) is 0.800. The fourth-order valence-electron chi connectivity index (χ4n) is 3.85. The molecule has 0 saturated carbocycles. The van der Waals surface area contributed by atoms with Gasteiger partial charge in [0.25, 0.3) is 0 Å². The summed E-state index contributed by atoms with van der Waals surface area (Å²) < 4.78 is 5.98. The number of hydrogen-bond acceptors (Lipinski definition) is 4. The number of ether oxygens (including phenoxy) is 1. The van der Waals surface area contributed by atoms with Gasteiger partial charge in [-0.05, 0) is 70.1 Å². The molecule has 2 saturated heterocycles. The van der Waals surface area contributed by atoms with E-state index in [1.54, 1.807) is 0 Å². The SMILES string of the molecule is OC(COc1ccc(Cl)cc1CN1CCCC1)CN1CCCCCC1. The predicted molar refractivity (Wildman–Crippen MR) is 102 cm³/mol. The summed E-state index contributed by atoms with van der Waals surface area (Å²) in [7, 11) is 0. The van der Waals surface area contributed by atoms with Gasteiger partial charge >= 0.3 is 0 Å². The Balaban J connectivity index is 1.52. The summed E-state index contributed by atoms with van der Waals surface area (Å²) in [6.45, 7) is 6.39. The van der Waals surface area contributed by atoms with Gasteiger partial charge in [-0.3, -0.25) is 4.90 Å². The molecule has 0 aliphatic carbocycles. The smallest absolute Gasteiger partial charge is 0.124 e. The number of aliphatic hydroxyl groups excluding tert-OH is 1. The van der Waals surface area contributed by atoms with Gasteiger partial charge in [-0.1, -0.05) is 24.4 Å². The van der Waals surface area contributed by atoms with Crippen molar-refractivity contribution in [3.8, 4) is 5.75 Å². The molecule has 4 nitrogen and oxygen atoms in total. The highest BCUT2D eigenvalue weighted by molar-refractivity contribution is 6.30. The molecule has 0 radical (unpaired) electrons. The normalized spacial score (nSPS) is 21.2. The van der Waals surface area contributed by atoms with Gasteiger partial charge in [0.05, 0.1) is 0 Å². The summed E-state index contributed by atoms with van der Waals surface area (Å²) in [6, 6.07) is 5.80. The molecule has 140 valence electrons. The minimum Gasteiger partial charge on any atom is -0.491 e. The Morgan fingerprint density at radius 1 is 0.960 bits per heavy atom. The maximum Gasteiger partial charge on any atom is 0.124 e. The van der Waals surface area contributed by atoms with E-state index in [0.717, 1.165) is 49.1 Å². The van der Waals surface area contributed by atoms with Crippen LogP contribution in [-0.2, 0) is 6.54 Å². The van der Waals surface area contributed by atoms with E-state index in [4.69, 9.17) is 16.3 Å². The van der Waals surface area contributed by atoms with Crippen LogP contribution in [-0.4, -0.2) is 60.3 Å². The molecule has 1 aromatic rings. The van der Waals surface area contributed by atoms with E-state index in [1.807, 2.05) is 18.2 Å². The number of aliphatic hydroxyl groups is 1. The Labute approximate surface area is 156 Å². The Hall–Kier alpha value is -0.810. The van der Waals surface area contributed by atoms with Crippen LogP contribution in [0.4, 0.5) is 0 Å². The maximum absolute atomic E-state index is 10.4. The number of halogens is 1. The standard InChI is InChI=1S/C20H31ClN2O2/c21-18-7-8-20(17(13-18)14-22-11-5-6-12-22)25-16-19(24)15-23-9-3-1-2-4-10-23/h7-8,13,19,24H,1-6,9-12,14-16H2. The zero-order valence-corrected chi connectivity index (χ0v) is 15.9. The molecule has 5 heteroatoms. The Kier molecular flexibility index (Phi) is 7.41. The van der Waals surface area contributed by atoms with Crippen molar-refractivity contribution in [2.45, 2.75) is 51.2 Å². The molecule has 1 N–H and O–H groups in total. The molecule has 25 heavy (non-hydrogen) atoms. The van der Waals surface area contributed by atoms with E-state index in [0.29, 0.717) is 13.2 Å². The van der Waals surface area contributed by atoms with E-state index < -0.39 is 6.10 Å². The first-order valence-electron chi connectivity index (χ1n) is 9.75. The highest BCUT2D eigenvalue weighted by Crippen LogP contribution is 2.26.